The number of para-hydroxylation sites is 1. The number of fused-ring (bicyclic) bond motifs is 3. The van der Waals surface area contributed by atoms with Crippen molar-refractivity contribution in [2.45, 2.75) is 39.8 Å². The van der Waals surface area contributed by atoms with Gasteiger partial charge in [-0.2, -0.15) is 5.10 Å². The molecule has 7 nitrogen and oxygen atoms in total. The first-order valence-corrected chi connectivity index (χ1v) is 9.50. The summed E-state index contributed by atoms with van der Waals surface area (Å²) in [5, 5.41) is 9.78. The molecule has 3 rings (SSSR count). The molecule has 0 radical (unpaired) electrons. The van der Waals surface area contributed by atoms with E-state index in [0.29, 0.717) is 19.0 Å². The lowest BCUT2D eigenvalue weighted by Crippen LogP contribution is -2.31. The number of carbonyl (C=O) groups excluding carboxylic acids is 2. The van der Waals surface area contributed by atoms with Gasteiger partial charge in [-0.05, 0) is 32.9 Å². The molecule has 0 spiro atoms. The van der Waals surface area contributed by atoms with Gasteiger partial charge in [-0.3, -0.25) is 15.0 Å². The summed E-state index contributed by atoms with van der Waals surface area (Å²) in [5.74, 6) is 0.175. The minimum Gasteiger partial charge on any atom is -0.342 e. The molecule has 150 valence electrons. The summed E-state index contributed by atoms with van der Waals surface area (Å²) in [6.45, 7) is 11.7. The van der Waals surface area contributed by atoms with Crippen molar-refractivity contribution in [3.8, 4) is 0 Å². The summed E-state index contributed by atoms with van der Waals surface area (Å²) in [6, 6.07) is 8.68. The van der Waals surface area contributed by atoms with Crippen LogP contribution in [0, 0.1) is 0 Å². The number of amides is 1. The van der Waals surface area contributed by atoms with Gasteiger partial charge in [-0.15, -0.1) is 0 Å². The molecule has 1 unspecified atom stereocenters. The number of hydrogen-bond donors (Lipinski definition) is 2. The highest BCUT2D eigenvalue weighted by molar-refractivity contribution is 6.08. The van der Waals surface area contributed by atoms with Crippen LogP contribution in [-0.2, 0) is 17.8 Å². The Morgan fingerprint density at radius 2 is 2.21 bits per heavy atom. The van der Waals surface area contributed by atoms with Crippen LogP contribution in [0.5, 0.6) is 0 Å². The first-order chi connectivity index (χ1) is 13.5. The van der Waals surface area contributed by atoms with Crippen molar-refractivity contribution in [3.63, 3.8) is 0 Å². The van der Waals surface area contributed by atoms with E-state index in [2.05, 4.69) is 46.0 Å². The zero-order valence-corrected chi connectivity index (χ0v) is 16.8. The van der Waals surface area contributed by atoms with E-state index < -0.39 is 0 Å². The van der Waals surface area contributed by atoms with Gasteiger partial charge >= 0.3 is 0 Å². The topological polar surface area (TPSA) is 78.7 Å². The fraction of sp³-hybridized carbons (Fsp3) is 0.381. The molecule has 0 aliphatic carbocycles. The summed E-state index contributed by atoms with van der Waals surface area (Å²) >= 11 is 0. The molecule has 0 saturated heterocycles. The molecule has 0 bridgehead atoms. The highest BCUT2D eigenvalue weighted by Gasteiger charge is 2.22. The minimum atomic E-state index is 0.175. The molecule has 2 aromatic rings. The molecule has 1 aromatic carbocycles. The summed E-state index contributed by atoms with van der Waals surface area (Å²) in [5.41, 5.74) is 5.68. The number of aromatic nitrogens is 1. The number of rotatable bonds is 6. The lowest BCUT2D eigenvalue weighted by Gasteiger charge is -2.12. The highest BCUT2D eigenvalue weighted by Crippen LogP contribution is 2.28. The van der Waals surface area contributed by atoms with E-state index in [-0.39, 0.29) is 5.78 Å². The Balaban J connectivity index is 0.000000242. The van der Waals surface area contributed by atoms with E-state index in [1.54, 1.807) is 6.92 Å². The third-order valence-electron chi connectivity index (χ3n) is 4.55. The third kappa shape index (κ3) is 5.07. The van der Waals surface area contributed by atoms with Crippen molar-refractivity contribution in [1.82, 2.24) is 20.4 Å². The van der Waals surface area contributed by atoms with Crippen LogP contribution < -0.4 is 10.7 Å². The molecule has 7 heteroatoms. The largest absolute Gasteiger partial charge is 0.342 e. The Hall–Kier alpha value is -2.93. The maximum atomic E-state index is 12.0. The quantitative estimate of drug-likeness (QED) is 0.348. The maximum Gasteiger partial charge on any atom is 0.226 e. The standard InChI is InChI=1S/C15H18N2O.C6H11N3O/c1-10-9-17-13-6-4-3-5-12(13)15(11(2)18)14(17)7-8-16-10;1-3-5-7-9(4-2)8-6-10/h3-6,10,16H,7-9H2,1-2H3;3,5-6H,1,4H2,2H3,(H,8,10)/b;7-5-. The van der Waals surface area contributed by atoms with Crippen LogP contribution >= 0.6 is 0 Å². The smallest absolute Gasteiger partial charge is 0.226 e. The fourth-order valence-electron chi connectivity index (χ4n) is 3.39. The monoisotopic (exact) mass is 383 g/mol. The van der Waals surface area contributed by atoms with Crippen molar-refractivity contribution in [2.24, 2.45) is 5.10 Å². The fourth-order valence-corrected chi connectivity index (χ4v) is 3.39. The molecule has 1 aliphatic heterocycles. The Morgan fingerprint density at radius 1 is 1.46 bits per heavy atom. The van der Waals surface area contributed by atoms with Crippen LogP contribution in [0.4, 0.5) is 0 Å². The molecule has 2 heterocycles. The molecule has 28 heavy (non-hydrogen) atoms. The lowest BCUT2D eigenvalue weighted by atomic mass is 10.1. The average Bonchev–Trinajstić information content (AvgIpc) is 2.86. The second-order valence-electron chi connectivity index (χ2n) is 6.57. The second-order valence-corrected chi connectivity index (χ2v) is 6.57. The number of ketones is 1. The van der Waals surface area contributed by atoms with E-state index in [1.165, 1.54) is 28.6 Å². The number of carbonyl (C=O) groups is 2. The van der Waals surface area contributed by atoms with Gasteiger partial charge < -0.3 is 9.88 Å². The van der Waals surface area contributed by atoms with Crippen LogP contribution in [0.25, 0.3) is 10.9 Å². The average molecular weight is 383 g/mol. The number of benzene rings is 1. The predicted octanol–water partition coefficient (Wildman–Crippen LogP) is 2.52. The number of nitrogens with zero attached hydrogens (tertiary/aromatic N) is 3. The molecule has 0 fully saturated rings. The molecule has 1 atom stereocenters. The maximum absolute atomic E-state index is 12.0. The number of allylic oxidation sites excluding steroid dienone is 1. The van der Waals surface area contributed by atoms with Crippen molar-refractivity contribution in [3.05, 3.63) is 48.2 Å². The summed E-state index contributed by atoms with van der Waals surface area (Å²) in [6.07, 6.45) is 4.53. The Labute approximate surface area is 166 Å². The summed E-state index contributed by atoms with van der Waals surface area (Å²) < 4.78 is 2.32. The lowest BCUT2D eigenvalue weighted by molar-refractivity contribution is -0.113. The van der Waals surface area contributed by atoms with E-state index in [0.717, 1.165) is 30.5 Å². The Kier molecular flexibility index (Phi) is 7.95. The van der Waals surface area contributed by atoms with Crippen LogP contribution in [0.15, 0.2) is 42.0 Å². The molecule has 1 aliphatic rings. The number of Topliss-reactive ketones (excluding diaryl/α,β-unsaturated/α-hetero) is 1. The second kappa shape index (κ2) is 10.4. The van der Waals surface area contributed by atoms with Gasteiger partial charge in [0.05, 0.1) is 6.54 Å². The summed E-state index contributed by atoms with van der Waals surface area (Å²) in [4.78, 5) is 21.8. The molecule has 0 saturated carbocycles. The SMILES string of the molecule is C=C/C=N\N(CC)NC=O.CC(=O)c1c2n(c3ccccc13)CC(C)NCC2. The van der Waals surface area contributed by atoms with Crippen LogP contribution in [0.3, 0.4) is 0 Å². The summed E-state index contributed by atoms with van der Waals surface area (Å²) in [7, 11) is 0. The van der Waals surface area contributed by atoms with Gasteiger partial charge in [-0.1, -0.05) is 24.8 Å². The zero-order chi connectivity index (χ0) is 20.5. The first kappa shape index (κ1) is 21.4. The van der Waals surface area contributed by atoms with Gasteiger partial charge in [0, 0.05) is 53.9 Å². The highest BCUT2D eigenvalue weighted by atomic mass is 16.1. The van der Waals surface area contributed by atoms with Gasteiger partial charge in [0.25, 0.3) is 0 Å². The minimum absolute atomic E-state index is 0.175. The number of hydrogen-bond acceptors (Lipinski definition) is 5. The van der Waals surface area contributed by atoms with Crippen molar-refractivity contribution in [2.75, 3.05) is 13.1 Å². The van der Waals surface area contributed by atoms with Gasteiger partial charge in [-0.25, -0.2) is 5.12 Å². The van der Waals surface area contributed by atoms with Gasteiger partial charge in [0.2, 0.25) is 6.41 Å². The van der Waals surface area contributed by atoms with Crippen molar-refractivity contribution in [1.29, 1.82) is 0 Å². The molecule has 1 amide bonds. The van der Waals surface area contributed by atoms with Crippen molar-refractivity contribution >= 4 is 29.3 Å². The first-order valence-electron chi connectivity index (χ1n) is 9.50. The van der Waals surface area contributed by atoms with E-state index >= 15 is 0 Å². The number of hydrazine groups is 1. The third-order valence-corrected chi connectivity index (χ3v) is 4.55. The molecular weight excluding hydrogens is 354 g/mol. The van der Waals surface area contributed by atoms with E-state index in [9.17, 15) is 9.59 Å². The van der Waals surface area contributed by atoms with E-state index in [1.807, 2.05) is 19.1 Å². The Bertz CT molecular complexity index is 856. The van der Waals surface area contributed by atoms with Crippen molar-refractivity contribution < 1.29 is 9.59 Å². The van der Waals surface area contributed by atoms with Gasteiger partial charge in [0.1, 0.15) is 0 Å². The predicted molar refractivity (Wildman–Crippen MR) is 113 cm³/mol. The Morgan fingerprint density at radius 3 is 2.86 bits per heavy atom. The van der Waals surface area contributed by atoms with Crippen LogP contribution in [-0.4, -0.2) is 47.2 Å². The number of nitrogens with one attached hydrogen (secondary N) is 2. The zero-order valence-electron chi connectivity index (χ0n) is 16.8. The molecule has 2 N–H and O–H groups in total. The van der Waals surface area contributed by atoms with Crippen LogP contribution in [0.2, 0.25) is 0 Å². The normalized spacial score (nSPS) is 15.9. The molecular formula is C21H29N5O2. The van der Waals surface area contributed by atoms with E-state index in [4.69, 9.17) is 0 Å². The van der Waals surface area contributed by atoms with Gasteiger partial charge in [0.15, 0.2) is 5.78 Å². The van der Waals surface area contributed by atoms with Crippen LogP contribution in [0.1, 0.15) is 36.8 Å². The number of hydrazone groups is 1. The molecule has 1 aromatic heterocycles.